The van der Waals surface area contributed by atoms with Gasteiger partial charge in [0.2, 0.25) is 0 Å². The average Bonchev–Trinajstić information content (AvgIpc) is 3.16. The first-order chi connectivity index (χ1) is 10.7. The van der Waals surface area contributed by atoms with Crippen LogP contribution in [0.5, 0.6) is 0 Å². The minimum absolute atomic E-state index is 0.0137. The monoisotopic (exact) mass is 333 g/mol. The SMILES string of the molecule is O=C(c1cscn1)N1CC2(CCNCC2)c2cc(Cl)ccc21. The number of halogens is 1. The van der Waals surface area contributed by atoms with E-state index in [9.17, 15) is 4.79 Å². The summed E-state index contributed by atoms with van der Waals surface area (Å²) < 4.78 is 0. The zero-order valence-corrected chi connectivity index (χ0v) is 13.6. The summed E-state index contributed by atoms with van der Waals surface area (Å²) in [5.41, 5.74) is 4.45. The first-order valence-corrected chi connectivity index (χ1v) is 8.73. The Morgan fingerprint density at radius 2 is 2.18 bits per heavy atom. The van der Waals surface area contributed by atoms with Crippen molar-refractivity contribution in [3.63, 3.8) is 0 Å². The van der Waals surface area contributed by atoms with Gasteiger partial charge in [-0.2, -0.15) is 0 Å². The summed E-state index contributed by atoms with van der Waals surface area (Å²) in [4.78, 5) is 18.9. The smallest absolute Gasteiger partial charge is 0.277 e. The highest BCUT2D eigenvalue weighted by molar-refractivity contribution is 7.07. The Morgan fingerprint density at radius 1 is 1.36 bits per heavy atom. The van der Waals surface area contributed by atoms with E-state index in [1.807, 2.05) is 28.5 Å². The second-order valence-electron chi connectivity index (χ2n) is 5.96. The minimum Gasteiger partial charge on any atom is -0.317 e. The van der Waals surface area contributed by atoms with Gasteiger partial charge in [-0.25, -0.2) is 4.98 Å². The van der Waals surface area contributed by atoms with Crippen molar-refractivity contribution in [3.05, 3.63) is 45.4 Å². The molecule has 4 nitrogen and oxygen atoms in total. The van der Waals surface area contributed by atoms with Crippen molar-refractivity contribution in [2.24, 2.45) is 0 Å². The molecule has 2 aromatic rings. The summed E-state index contributed by atoms with van der Waals surface area (Å²) in [5.74, 6) is -0.0137. The van der Waals surface area contributed by atoms with E-state index in [4.69, 9.17) is 11.6 Å². The van der Waals surface area contributed by atoms with Gasteiger partial charge in [-0.1, -0.05) is 11.6 Å². The molecule has 2 aliphatic rings. The Balaban J connectivity index is 1.78. The molecule has 2 aliphatic heterocycles. The van der Waals surface area contributed by atoms with Crippen LogP contribution in [0.1, 0.15) is 28.9 Å². The van der Waals surface area contributed by atoms with Crippen LogP contribution in [0.25, 0.3) is 0 Å². The molecule has 1 spiro atoms. The molecular weight excluding hydrogens is 318 g/mol. The maximum Gasteiger partial charge on any atom is 0.277 e. The van der Waals surface area contributed by atoms with Gasteiger partial charge in [0.25, 0.3) is 5.91 Å². The van der Waals surface area contributed by atoms with Crippen molar-refractivity contribution < 1.29 is 4.79 Å². The maximum absolute atomic E-state index is 12.8. The number of carbonyl (C=O) groups excluding carboxylic acids is 1. The second kappa shape index (κ2) is 5.33. The van der Waals surface area contributed by atoms with Gasteiger partial charge < -0.3 is 10.2 Å². The summed E-state index contributed by atoms with van der Waals surface area (Å²) in [6.07, 6.45) is 2.06. The van der Waals surface area contributed by atoms with E-state index in [0.29, 0.717) is 5.69 Å². The van der Waals surface area contributed by atoms with Crippen LogP contribution in [0.3, 0.4) is 0 Å². The highest BCUT2D eigenvalue weighted by Crippen LogP contribution is 2.47. The number of rotatable bonds is 1. The number of benzene rings is 1. The number of amides is 1. The molecule has 1 N–H and O–H groups in total. The molecule has 0 radical (unpaired) electrons. The van der Waals surface area contributed by atoms with Crippen molar-refractivity contribution in [2.75, 3.05) is 24.5 Å². The van der Waals surface area contributed by atoms with E-state index in [2.05, 4.69) is 10.3 Å². The molecule has 0 aliphatic carbocycles. The molecule has 6 heteroatoms. The van der Waals surface area contributed by atoms with E-state index >= 15 is 0 Å². The normalized spacial score (nSPS) is 19.4. The summed E-state index contributed by atoms with van der Waals surface area (Å²) in [5, 5.41) is 5.95. The van der Waals surface area contributed by atoms with Crippen molar-refractivity contribution in [2.45, 2.75) is 18.3 Å². The topological polar surface area (TPSA) is 45.2 Å². The van der Waals surface area contributed by atoms with Crippen LogP contribution in [0.4, 0.5) is 5.69 Å². The molecule has 1 aromatic carbocycles. The van der Waals surface area contributed by atoms with Gasteiger partial charge in [0.05, 0.1) is 5.51 Å². The third-order valence-electron chi connectivity index (χ3n) is 4.74. The number of piperidine rings is 1. The predicted octanol–water partition coefficient (Wildman–Crippen LogP) is 3.08. The van der Waals surface area contributed by atoms with Crippen LogP contribution in [-0.4, -0.2) is 30.5 Å². The molecule has 1 amide bonds. The third kappa shape index (κ3) is 2.16. The van der Waals surface area contributed by atoms with Crippen molar-refractivity contribution in [3.8, 4) is 0 Å². The molecule has 0 unspecified atom stereocenters. The molecule has 1 aromatic heterocycles. The van der Waals surface area contributed by atoms with E-state index < -0.39 is 0 Å². The second-order valence-corrected chi connectivity index (χ2v) is 7.11. The number of fused-ring (bicyclic) bond motifs is 2. The Kier molecular flexibility index (Phi) is 3.44. The number of anilines is 1. The lowest BCUT2D eigenvalue weighted by atomic mass is 9.75. The van der Waals surface area contributed by atoms with Gasteiger partial charge in [0.15, 0.2) is 0 Å². The molecule has 22 heavy (non-hydrogen) atoms. The Bertz CT molecular complexity index is 710. The highest BCUT2D eigenvalue weighted by atomic mass is 35.5. The van der Waals surface area contributed by atoms with Gasteiger partial charge in [0, 0.05) is 28.0 Å². The highest BCUT2D eigenvalue weighted by Gasteiger charge is 2.45. The lowest BCUT2D eigenvalue weighted by Gasteiger charge is -2.34. The number of carbonyl (C=O) groups is 1. The Labute approximate surface area is 138 Å². The van der Waals surface area contributed by atoms with E-state index in [1.165, 1.54) is 16.9 Å². The van der Waals surface area contributed by atoms with Gasteiger partial charge >= 0.3 is 0 Å². The molecule has 4 rings (SSSR count). The fraction of sp³-hybridized carbons (Fsp3) is 0.375. The van der Waals surface area contributed by atoms with Crippen LogP contribution in [0.15, 0.2) is 29.1 Å². The standard InChI is InChI=1S/C16H16ClN3OS/c17-11-1-2-14-12(7-11)16(3-5-18-6-4-16)9-20(14)15(21)13-8-22-10-19-13/h1-2,7-8,10,18H,3-6,9H2. The number of hydrogen-bond acceptors (Lipinski definition) is 4. The largest absolute Gasteiger partial charge is 0.317 e. The first-order valence-electron chi connectivity index (χ1n) is 7.40. The fourth-order valence-electron chi connectivity index (χ4n) is 3.61. The maximum atomic E-state index is 12.8. The molecule has 1 saturated heterocycles. The zero-order valence-electron chi connectivity index (χ0n) is 12.0. The van der Waals surface area contributed by atoms with E-state index in [1.54, 1.807) is 5.51 Å². The van der Waals surface area contributed by atoms with Gasteiger partial charge in [-0.05, 0) is 49.7 Å². The predicted molar refractivity (Wildman–Crippen MR) is 89.0 cm³/mol. The number of nitrogens with one attached hydrogen (secondary N) is 1. The van der Waals surface area contributed by atoms with Crippen LogP contribution in [0, 0.1) is 0 Å². The number of thiazole rings is 1. The fourth-order valence-corrected chi connectivity index (χ4v) is 4.31. The summed E-state index contributed by atoms with van der Waals surface area (Å²) in [6, 6.07) is 5.87. The zero-order chi connectivity index (χ0) is 15.2. The average molecular weight is 334 g/mol. The van der Waals surface area contributed by atoms with Crippen LogP contribution < -0.4 is 10.2 Å². The Hall–Kier alpha value is -1.43. The lowest BCUT2D eigenvalue weighted by Crippen LogP contribution is -2.44. The Morgan fingerprint density at radius 3 is 2.91 bits per heavy atom. The molecule has 114 valence electrons. The molecule has 3 heterocycles. The van der Waals surface area contributed by atoms with Crippen LogP contribution >= 0.6 is 22.9 Å². The summed E-state index contributed by atoms with van der Waals surface area (Å²) >= 11 is 7.67. The van der Waals surface area contributed by atoms with Gasteiger partial charge in [-0.15, -0.1) is 11.3 Å². The number of aromatic nitrogens is 1. The summed E-state index contributed by atoms with van der Waals surface area (Å²) in [7, 11) is 0. The molecule has 1 fully saturated rings. The molecule has 0 bridgehead atoms. The number of hydrogen-bond donors (Lipinski definition) is 1. The molecular formula is C16H16ClN3OS. The van der Waals surface area contributed by atoms with Gasteiger partial charge in [-0.3, -0.25) is 4.79 Å². The van der Waals surface area contributed by atoms with E-state index in [0.717, 1.165) is 43.2 Å². The van der Waals surface area contributed by atoms with E-state index in [-0.39, 0.29) is 11.3 Å². The van der Waals surface area contributed by atoms with Crippen molar-refractivity contribution in [1.29, 1.82) is 0 Å². The third-order valence-corrected chi connectivity index (χ3v) is 5.56. The van der Waals surface area contributed by atoms with Crippen molar-refractivity contribution in [1.82, 2.24) is 10.3 Å². The number of nitrogens with zero attached hydrogens (tertiary/aromatic N) is 2. The molecule has 0 atom stereocenters. The van der Waals surface area contributed by atoms with Crippen LogP contribution in [0.2, 0.25) is 5.02 Å². The first kappa shape index (κ1) is 14.2. The van der Waals surface area contributed by atoms with Crippen LogP contribution in [-0.2, 0) is 5.41 Å². The lowest BCUT2D eigenvalue weighted by molar-refractivity contribution is 0.0979. The quantitative estimate of drug-likeness (QED) is 0.872. The van der Waals surface area contributed by atoms with Crippen molar-refractivity contribution >= 4 is 34.5 Å². The van der Waals surface area contributed by atoms with Gasteiger partial charge in [0.1, 0.15) is 5.69 Å². The molecule has 0 saturated carbocycles. The minimum atomic E-state index is -0.0137. The summed E-state index contributed by atoms with van der Waals surface area (Å²) in [6.45, 7) is 2.68.